The minimum absolute atomic E-state index is 0.00402. The van der Waals surface area contributed by atoms with E-state index in [2.05, 4.69) is 26.6 Å². The second-order valence-corrected chi connectivity index (χ2v) is 10.6. The van der Waals surface area contributed by atoms with Gasteiger partial charge in [0.25, 0.3) is 5.91 Å². The third-order valence-corrected chi connectivity index (χ3v) is 7.83. The highest BCUT2D eigenvalue weighted by atomic mass is 19.4. The monoisotopic (exact) mass is 580 g/mol. The van der Waals surface area contributed by atoms with Gasteiger partial charge < -0.3 is 4.90 Å². The van der Waals surface area contributed by atoms with Crippen molar-refractivity contribution in [1.82, 2.24) is 29.3 Å². The molecule has 2 amide bonds. The number of likely N-dealkylation sites (tertiary alicyclic amines) is 1. The van der Waals surface area contributed by atoms with Crippen LogP contribution in [-0.4, -0.2) is 54.2 Å². The van der Waals surface area contributed by atoms with Gasteiger partial charge in [0.15, 0.2) is 5.65 Å². The third kappa shape index (κ3) is 4.95. The zero-order valence-corrected chi connectivity index (χ0v) is 22.1. The lowest BCUT2D eigenvalue weighted by Crippen LogP contribution is -2.48. The summed E-state index contributed by atoms with van der Waals surface area (Å²) in [7, 11) is 0. The first-order chi connectivity index (χ1) is 20.1. The van der Waals surface area contributed by atoms with Crippen LogP contribution in [0.4, 0.5) is 23.5 Å². The van der Waals surface area contributed by atoms with E-state index < -0.39 is 34.6 Å². The van der Waals surface area contributed by atoms with Gasteiger partial charge in [-0.05, 0) is 49.9 Å². The Kier molecular flexibility index (Phi) is 6.67. The lowest BCUT2D eigenvalue weighted by molar-refractivity contribution is -0.138. The van der Waals surface area contributed by atoms with Crippen molar-refractivity contribution in [2.75, 3.05) is 18.4 Å². The number of anilines is 1. The number of hydrogen-bond donors (Lipinski definition) is 1. The van der Waals surface area contributed by atoms with E-state index in [1.165, 1.54) is 4.90 Å². The first-order valence-electron chi connectivity index (χ1n) is 13.3. The topological polar surface area (TPSA) is 121 Å². The normalized spacial score (nSPS) is 16.8. The van der Waals surface area contributed by atoms with Crippen molar-refractivity contribution >= 4 is 23.4 Å². The first-order valence-corrected chi connectivity index (χ1v) is 13.3. The molecule has 10 nitrogen and oxygen atoms in total. The van der Waals surface area contributed by atoms with E-state index in [1.807, 2.05) is 0 Å². The second kappa shape index (κ2) is 10.2. The maximum atomic E-state index is 14.5. The second-order valence-electron chi connectivity index (χ2n) is 10.6. The van der Waals surface area contributed by atoms with E-state index >= 15 is 0 Å². The molecule has 1 aromatic carbocycles. The smallest absolute Gasteiger partial charge is 0.338 e. The van der Waals surface area contributed by atoms with Gasteiger partial charge in [-0.15, -0.1) is 5.10 Å². The fourth-order valence-corrected chi connectivity index (χ4v) is 5.34. The summed E-state index contributed by atoms with van der Waals surface area (Å²) < 4.78 is 58.2. The van der Waals surface area contributed by atoms with Gasteiger partial charge in [0.1, 0.15) is 5.82 Å². The fraction of sp³-hybridized carbons (Fsp3) is 0.357. The minimum atomic E-state index is -4.89. The number of halogens is 4. The van der Waals surface area contributed by atoms with Crippen molar-refractivity contribution in [1.29, 1.82) is 5.26 Å². The Morgan fingerprint density at radius 2 is 1.86 bits per heavy atom. The Morgan fingerprint density at radius 3 is 2.55 bits per heavy atom. The lowest BCUT2D eigenvalue weighted by atomic mass is 9.84. The molecule has 216 valence electrons. The molecule has 2 aliphatic rings. The van der Waals surface area contributed by atoms with Gasteiger partial charge in [0, 0.05) is 30.8 Å². The van der Waals surface area contributed by atoms with Crippen molar-refractivity contribution < 1.29 is 27.2 Å². The summed E-state index contributed by atoms with van der Waals surface area (Å²) in [5.74, 6) is -2.22. The van der Waals surface area contributed by atoms with Crippen LogP contribution in [-0.2, 0) is 16.5 Å². The fourth-order valence-electron chi connectivity index (χ4n) is 5.34. The SMILES string of the molecule is N#CCC1(n2cc(-c3cccc4nc(NC(=O)C5CC5)nn34)cn2)CCN(C(=O)c2c(F)cccc2C(F)(F)F)CC1. The standard InChI is InChI=1S/C28H24F4N8O2/c29-20-4-1-3-19(28(30,31)32)23(20)25(42)38-13-10-27(9-12-33,11-14-38)39-16-18(15-34-39)21-5-2-6-22-35-26(37-40(21)22)36-24(41)17-7-8-17/h1-6,15-17H,7-11,13-14H2,(H,36,37,41). The lowest BCUT2D eigenvalue weighted by Gasteiger charge is -2.41. The minimum Gasteiger partial charge on any atom is -0.338 e. The van der Waals surface area contributed by atoms with Gasteiger partial charge in [-0.25, -0.2) is 8.91 Å². The third-order valence-electron chi connectivity index (χ3n) is 7.83. The molecule has 0 atom stereocenters. The van der Waals surface area contributed by atoms with Crippen molar-refractivity contribution in [3.63, 3.8) is 0 Å². The number of carbonyl (C=O) groups excluding carboxylic acids is 2. The molecule has 0 spiro atoms. The van der Waals surface area contributed by atoms with Crippen LogP contribution in [0.5, 0.6) is 0 Å². The van der Waals surface area contributed by atoms with Gasteiger partial charge in [0.2, 0.25) is 11.9 Å². The Balaban J connectivity index is 1.24. The number of hydrogen-bond acceptors (Lipinski definition) is 6. The number of benzene rings is 1. The van der Waals surface area contributed by atoms with Crippen LogP contribution in [0.25, 0.3) is 16.9 Å². The number of fused-ring (bicyclic) bond motifs is 1. The molecular weight excluding hydrogens is 556 g/mol. The Hall–Kier alpha value is -4.80. The molecule has 2 fully saturated rings. The zero-order chi connectivity index (χ0) is 29.6. The predicted molar refractivity (Wildman–Crippen MR) is 140 cm³/mol. The summed E-state index contributed by atoms with van der Waals surface area (Å²) >= 11 is 0. The number of carbonyl (C=O) groups is 2. The van der Waals surface area contributed by atoms with Crippen LogP contribution in [0.3, 0.4) is 0 Å². The van der Waals surface area contributed by atoms with Crippen LogP contribution in [0, 0.1) is 23.1 Å². The number of nitrogens with zero attached hydrogens (tertiary/aromatic N) is 7. The number of aromatic nitrogens is 5. The molecule has 14 heteroatoms. The number of nitriles is 1. The zero-order valence-electron chi connectivity index (χ0n) is 22.1. The van der Waals surface area contributed by atoms with E-state index in [9.17, 15) is 32.4 Å². The number of nitrogens with one attached hydrogen (secondary N) is 1. The maximum absolute atomic E-state index is 14.5. The molecule has 1 aliphatic heterocycles. The largest absolute Gasteiger partial charge is 0.417 e. The highest BCUT2D eigenvalue weighted by Gasteiger charge is 2.42. The van der Waals surface area contributed by atoms with Crippen molar-refractivity contribution in [2.24, 2.45) is 5.92 Å². The molecule has 4 heterocycles. The molecule has 0 radical (unpaired) electrons. The van der Waals surface area contributed by atoms with E-state index in [0.717, 1.165) is 25.0 Å². The van der Waals surface area contributed by atoms with Gasteiger partial charge in [0.05, 0.1) is 41.0 Å². The van der Waals surface area contributed by atoms with Gasteiger partial charge in [-0.2, -0.15) is 28.5 Å². The number of piperidine rings is 1. The van der Waals surface area contributed by atoms with Crippen LogP contribution in [0.2, 0.25) is 0 Å². The Bertz CT molecular complexity index is 1730. The number of amides is 2. The van der Waals surface area contributed by atoms with Crippen molar-refractivity contribution in [2.45, 2.75) is 43.8 Å². The molecule has 1 aliphatic carbocycles. The highest BCUT2D eigenvalue weighted by Crippen LogP contribution is 2.37. The molecule has 1 N–H and O–H groups in total. The molecule has 42 heavy (non-hydrogen) atoms. The first kappa shape index (κ1) is 27.4. The summed E-state index contributed by atoms with van der Waals surface area (Å²) in [5.41, 5.74) is -1.37. The van der Waals surface area contributed by atoms with E-state index in [1.54, 1.807) is 39.8 Å². The number of rotatable bonds is 6. The molecule has 3 aromatic heterocycles. The Labute approximate surface area is 236 Å². The van der Waals surface area contributed by atoms with E-state index in [4.69, 9.17) is 0 Å². The average molecular weight is 581 g/mol. The molecule has 4 aromatic rings. The van der Waals surface area contributed by atoms with Crippen molar-refractivity contribution in [3.05, 3.63) is 65.7 Å². The molecule has 0 bridgehead atoms. The van der Waals surface area contributed by atoms with Gasteiger partial charge >= 0.3 is 6.18 Å². The average Bonchev–Trinajstić information content (AvgIpc) is 3.55. The predicted octanol–water partition coefficient (Wildman–Crippen LogP) is 4.64. The highest BCUT2D eigenvalue weighted by molar-refractivity contribution is 5.96. The van der Waals surface area contributed by atoms with Gasteiger partial charge in [-0.1, -0.05) is 12.1 Å². The van der Waals surface area contributed by atoms with Crippen LogP contribution in [0.15, 0.2) is 48.8 Å². The van der Waals surface area contributed by atoms with Crippen LogP contribution in [0.1, 0.15) is 48.0 Å². The summed E-state index contributed by atoms with van der Waals surface area (Å²) in [6.07, 6.45) is 0.610. The summed E-state index contributed by atoms with van der Waals surface area (Å²) in [6.45, 7) is 0.00803. The van der Waals surface area contributed by atoms with E-state index in [-0.39, 0.29) is 50.1 Å². The Morgan fingerprint density at radius 1 is 1.12 bits per heavy atom. The summed E-state index contributed by atoms with van der Waals surface area (Å²) in [6, 6.07) is 9.94. The molecule has 6 rings (SSSR count). The number of pyridine rings is 1. The van der Waals surface area contributed by atoms with Crippen LogP contribution >= 0.6 is 0 Å². The molecule has 1 saturated carbocycles. The van der Waals surface area contributed by atoms with Crippen molar-refractivity contribution in [3.8, 4) is 17.3 Å². The number of alkyl halides is 3. The maximum Gasteiger partial charge on any atom is 0.417 e. The summed E-state index contributed by atoms with van der Waals surface area (Å²) in [4.78, 5) is 30.8. The molecular formula is C28H24F4N8O2. The van der Waals surface area contributed by atoms with E-state index in [0.29, 0.717) is 23.0 Å². The van der Waals surface area contributed by atoms with Crippen LogP contribution < -0.4 is 5.32 Å². The molecule has 0 unspecified atom stereocenters. The molecule has 1 saturated heterocycles. The van der Waals surface area contributed by atoms with Gasteiger partial charge in [-0.3, -0.25) is 19.6 Å². The summed E-state index contributed by atoms with van der Waals surface area (Å²) in [5, 5.41) is 21.3. The quantitative estimate of drug-likeness (QED) is 0.332.